The van der Waals surface area contributed by atoms with Gasteiger partial charge in [0.25, 0.3) is 0 Å². The molecule has 0 amide bonds. The van der Waals surface area contributed by atoms with Crippen molar-refractivity contribution in [1.29, 1.82) is 0 Å². The first-order chi connectivity index (χ1) is 9.70. The molecule has 1 aromatic heterocycles. The Morgan fingerprint density at radius 2 is 2.10 bits per heavy atom. The van der Waals surface area contributed by atoms with Crippen LogP contribution in [0.3, 0.4) is 0 Å². The van der Waals surface area contributed by atoms with Crippen molar-refractivity contribution in [3.8, 4) is 0 Å². The minimum Gasteiger partial charge on any atom is -0.316 e. The molecule has 1 aliphatic rings. The highest BCUT2D eigenvalue weighted by atomic mass is 15.3. The maximum absolute atomic E-state index is 4.83. The van der Waals surface area contributed by atoms with Crippen molar-refractivity contribution in [2.24, 2.45) is 11.8 Å². The molecule has 3 nitrogen and oxygen atoms in total. The van der Waals surface area contributed by atoms with E-state index in [0.717, 1.165) is 19.5 Å². The first-order valence-corrected chi connectivity index (χ1v) is 8.45. The average molecular weight is 277 g/mol. The van der Waals surface area contributed by atoms with Crippen LogP contribution in [-0.4, -0.2) is 22.9 Å². The fraction of sp³-hybridized carbons (Fsp3) is 0.824. The van der Waals surface area contributed by atoms with E-state index in [0.29, 0.717) is 17.9 Å². The number of rotatable bonds is 8. The Kier molecular flexibility index (Phi) is 6.08. The van der Waals surface area contributed by atoms with E-state index in [1.807, 2.05) is 0 Å². The van der Waals surface area contributed by atoms with Gasteiger partial charge < -0.3 is 5.32 Å². The zero-order chi connectivity index (χ0) is 14.4. The Morgan fingerprint density at radius 1 is 1.35 bits per heavy atom. The van der Waals surface area contributed by atoms with Gasteiger partial charge in [0.2, 0.25) is 0 Å². The second-order valence-electron chi connectivity index (χ2n) is 6.64. The minimum atomic E-state index is 0.666. The summed E-state index contributed by atoms with van der Waals surface area (Å²) in [6.45, 7) is 9.11. The monoisotopic (exact) mass is 277 g/mol. The highest BCUT2D eigenvalue weighted by Gasteiger charge is 2.19. The summed E-state index contributed by atoms with van der Waals surface area (Å²) in [4.78, 5) is 0. The molecule has 2 rings (SSSR count). The summed E-state index contributed by atoms with van der Waals surface area (Å²) >= 11 is 0. The van der Waals surface area contributed by atoms with Gasteiger partial charge in [-0.1, -0.05) is 33.6 Å². The third-order valence-electron chi connectivity index (χ3n) is 4.61. The summed E-state index contributed by atoms with van der Waals surface area (Å²) in [5.41, 5.74) is 1.27. The predicted molar refractivity (Wildman–Crippen MR) is 84.9 cm³/mol. The van der Waals surface area contributed by atoms with Crippen molar-refractivity contribution in [2.45, 2.75) is 65.3 Å². The van der Waals surface area contributed by atoms with Crippen LogP contribution >= 0.6 is 0 Å². The van der Waals surface area contributed by atoms with Gasteiger partial charge in [0, 0.05) is 6.20 Å². The van der Waals surface area contributed by atoms with Crippen LogP contribution in [0.1, 0.15) is 64.6 Å². The molecule has 0 radical (unpaired) electrons. The molecular weight excluding hydrogens is 246 g/mol. The van der Waals surface area contributed by atoms with E-state index >= 15 is 0 Å². The van der Waals surface area contributed by atoms with Crippen molar-refractivity contribution in [1.82, 2.24) is 15.1 Å². The van der Waals surface area contributed by atoms with Crippen LogP contribution in [0.5, 0.6) is 0 Å². The molecule has 0 spiro atoms. The van der Waals surface area contributed by atoms with Crippen LogP contribution in [0.15, 0.2) is 12.3 Å². The number of hydrogen-bond acceptors (Lipinski definition) is 2. The van der Waals surface area contributed by atoms with Gasteiger partial charge in [0.1, 0.15) is 0 Å². The van der Waals surface area contributed by atoms with Gasteiger partial charge in [-0.15, -0.1) is 0 Å². The molecule has 3 heteroatoms. The van der Waals surface area contributed by atoms with Gasteiger partial charge in [0.05, 0.1) is 11.7 Å². The molecule has 1 aliphatic carbocycles. The molecule has 114 valence electrons. The highest BCUT2D eigenvalue weighted by molar-refractivity contribution is 5.02. The number of hydrogen-bond donors (Lipinski definition) is 1. The van der Waals surface area contributed by atoms with E-state index in [1.54, 1.807) is 0 Å². The average Bonchev–Trinajstić information content (AvgIpc) is 3.08. The standard InChI is InChI=1S/C17H31N3/c1-4-10-18-13-15(14(2)3)12-16-9-11-20(19-16)17-7-5-6-8-17/h9,11,14-15,17-18H,4-8,10,12-13H2,1-3H3. The van der Waals surface area contributed by atoms with E-state index in [-0.39, 0.29) is 0 Å². The van der Waals surface area contributed by atoms with Gasteiger partial charge in [-0.2, -0.15) is 5.10 Å². The Bertz CT molecular complexity index is 377. The van der Waals surface area contributed by atoms with Crippen molar-refractivity contribution in [2.75, 3.05) is 13.1 Å². The Balaban J connectivity index is 1.89. The molecule has 1 N–H and O–H groups in total. The highest BCUT2D eigenvalue weighted by Crippen LogP contribution is 2.29. The maximum atomic E-state index is 4.83. The largest absolute Gasteiger partial charge is 0.316 e. The molecule has 0 bridgehead atoms. The summed E-state index contributed by atoms with van der Waals surface area (Å²) in [5, 5.41) is 8.40. The lowest BCUT2D eigenvalue weighted by atomic mass is 9.91. The first kappa shape index (κ1) is 15.6. The Morgan fingerprint density at radius 3 is 2.75 bits per heavy atom. The van der Waals surface area contributed by atoms with Crippen LogP contribution in [0.4, 0.5) is 0 Å². The van der Waals surface area contributed by atoms with E-state index in [9.17, 15) is 0 Å². The second-order valence-corrected chi connectivity index (χ2v) is 6.64. The molecule has 1 unspecified atom stereocenters. The smallest absolute Gasteiger partial charge is 0.0628 e. The van der Waals surface area contributed by atoms with Gasteiger partial charge in [-0.05, 0) is 56.7 Å². The molecule has 20 heavy (non-hydrogen) atoms. The Labute approximate surface area is 124 Å². The van der Waals surface area contributed by atoms with Crippen molar-refractivity contribution >= 4 is 0 Å². The predicted octanol–water partition coefficient (Wildman–Crippen LogP) is 3.81. The van der Waals surface area contributed by atoms with E-state index in [4.69, 9.17) is 5.10 Å². The summed E-state index contributed by atoms with van der Waals surface area (Å²) in [7, 11) is 0. The van der Waals surface area contributed by atoms with Gasteiger partial charge >= 0.3 is 0 Å². The lowest BCUT2D eigenvalue weighted by Crippen LogP contribution is -2.28. The second kappa shape index (κ2) is 7.82. The van der Waals surface area contributed by atoms with Crippen molar-refractivity contribution < 1.29 is 0 Å². The van der Waals surface area contributed by atoms with E-state index < -0.39 is 0 Å². The topological polar surface area (TPSA) is 29.9 Å². The number of nitrogens with one attached hydrogen (secondary N) is 1. The van der Waals surface area contributed by atoms with Crippen molar-refractivity contribution in [3.63, 3.8) is 0 Å². The molecule has 0 saturated heterocycles. The molecule has 1 aromatic rings. The maximum Gasteiger partial charge on any atom is 0.0628 e. The lowest BCUT2D eigenvalue weighted by molar-refractivity contribution is 0.355. The van der Waals surface area contributed by atoms with Crippen LogP contribution < -0.4 is 5.32 Å². The zero-order valence-corrected chi connectivity index (χ0v) is 13.4. The van der Waals surface area contributed by atoms with E-state index in [2.05, 4.69) is 43.0 Å². The van der Waals surface area contributed by atoms with Crippen LogP contribution in [0, 0.1) is 11.8 Å². The molecule has 1 heterocycles. The quantitative estimate of drug-likeness (QED) is 0.732. The third-order valence-corrected chi connectivity index (χ3v) is 4.61. The van der Waals surface area contributed by atoms with Gasteiger partial charge in [-0.3, -0.25) is 4.68 Å². The zero-order valence-electron chi connectivity index (χ0n) is 13.4. The Hall–Kier alpha value is -0.830. The van der Waals surface area contributed by atoms with E-state index in [1.165, 1.54) is 37.8 Å². The number of nitrogens with zero attached hydrogens (tertiary/aromatic N) is 2. The molecule has 1 fully saturated rings. The fourth-order valence-electron chi connectivity index (χ4n) is 3.13. The summed E-state index contributed by atoms with van der Waals surface area (Å²) in [5.74, 6) is 1.39. The van der Waals surface area contributed by atoms with Gasteiger partial charge in [-0.25, -0.2) is 0 Å². The normalized spacial score (nSPS) is 18.0. The minimum absolute atomic E-state index is 0.666. The van der Waals surface area contributed by atoms with Crippen LogP contribution in [0.2, 0.25) is 0 Å². The van der Waals surface area contributed by atoms with Crippen LogP contribution in [0.25, 0.3) is 0 Å². The molecular formula is C17H31N3. The summed E-state index contributed by atoms with van der Waals surface area (Å²) in [6, 6.07) is 2.90. The third kappa shape index (κ3) is 4.34. The molecule has 1 saturated carbocycles. The lowest BCUT2D eigenvalue weighted by Gasteiger charge is -2.20. The first-order valence-electron chi connectivity index (χ1n) is 8.45. The summed E-state index contributed by atoms with van der Waals surface area (Å²) in [6.07, 6.45) is 9.88. The molecule has 0 aromatic carbocycles. The fourth-order valence-corrected chi connectivity index (χ4v) is 3.13. The van der Waals surface area contributed by atoms with Crippen molar-refractivity contribution in [3.05, 3.63) is 18.0 Å². The number of aromatic nitrogens is 2. The SMILES string of the molecule is CCCNCC(Cc1ccn(C2CCCC2)n1)C(C)C. The van der Waals surface area contributed by atoms with Crippen LogP contribution in [-0.2, 0) is 6.42 Å². The molecule has 0 aliphatic heterocycles. The molecule has 1 atom stereocenters. The van der Waals surface area contributed by atoms with Gasteiger partial charge in [0.15, 0.2) is 0 Å². The summed E-state index contributed by atoms with van der Waals surface area (Å²) < 4.78 is 2.22.